The van der Waals surface area contributed by atoms with Gasteiger partial charge in [0.1, 0.15) is 5.69 Å². The lowest BCUT2D eigenvalue weighted by Crippen LogP contribution is -2.04. The van der Waals surface area contributed by atoms with Crippen molar-refractivity contribution in [1.82, 2.24) is 4.98 Å². The highest BCUT2D eigenvalue weighted by Crippen LogP contribution is 2.13. The Hall–Kier alpha value is -1.96. The number of aromatic nitrogens is 1. The van der Waals surface area contributed by atoms with Crippen LogP contribution in [0.1, 0.15) is 59.9 Å². The molecule has 0 N–H and O–H groups in total. The molecule has 0 saturated carbocycles. The number of ketones is 1. The van der Waals surface area contributed by atoms with Crippen molar-refractivity contribution in [3.05, 3.63) is 65.0 Å². The van der Waals surface area contributed by atoms with Gasteiger partial charge in [-0.1, -0.05) is 56.5 Å². The minimum atomic E-state index is -0.00349. The summed E-state index contributed by atoms with van der Waals surface area (Å²) in [6.45, 7) is 4.12. The maximum absolute atomic E-state index is 12.3. The molecule has 0 radical (unpaired) electrons. The zero-order valence-corrected chi connectivity index (χ0v) is 12.9. The number of aryl methyl sites for hydroxylation is 2. The van der Waals surface area contributed by atoms with Gasteiger partial charge in [-0.25, -0.2) is 4.98 Å². The second-order valence-corrected chi connectivity index (χ2v) is 5.50. The highest BCUT2D eigenvalue weighted by molar-refractivity contribution is 6.07. The summed E-state index contributed by atoms with van der Waals surface area (Å²) >= 11 is 0. The molecule has 0 saturated heterocycles. The van der Waals surface area contributed by atoms with E-state index in [1.165, 1.54) is 31.2 Å². The predicted octanol–water partition coefficient (Wildman–Crippen LogP) is 4.74. The van der Waals surface area contributed by atoms with Crippen molar-refractivity contribution in [2.75, 3.05) is 0 Å². The van der Waals surface area contributed by atoms with Crippen LogP contribution in [0, 0.1) is 6.92 Å². The van der Waals surface area contributed by atoms with Crippen LogP contribution in [-0.2, 0) is 6.42 Å². The number of rotatable bonds is 7. The Labute approximate surface area is 127 Å². The third-order valence-electron chi connectivity index (χ3n) is 3.66. The Morgan fingerprint density at radius 2 is 1.76 bits per heavy atom. The van der Waals surface area contributed by atoms with Gasteiger partial charge in [-0.3, -0.25) is 4.79 Å². The van der Waals surface area contributed by atoms with E-state index in [0.29, 0.717) is 11.3 Å². The molecular formula is C19H23NO. The lowest BCUT2D eigenvalue weighted by atomic mass is 10.0. The van der Waals surface area contributed by atoms with Crippen LogP contribution in [0.2, 0.25) is 0 Å². The summed E-state index contributed by atoms with van der Waals surface area (Å²) in [6, 6.07) is 13.5. The monoisotopic (exact) mass is 281 g/mol. The number of benzene rings is 1. The maximum atomic E-state index is 12.3. The molecule has 2 heteroatoms. The van der Waals surface area contributed by atoms with Gasteiger partial charge < -0.3 is 0 Å². The fraction of sp³-hybridized carbons (Fsp3) is 0.368. The molecule has 0 aliphatic carbocycles. The van der Waals surface area contributed by atoms with E-state index in [4.69, 9.17) is 0 Å². The maximum Gasteiger partial charge on any atom is 0.211 e. The molecule has 2 nitrogen and oxygen atoms in total. The van der Waals surface area contributed by atoms with E-state index < -0.39 is 0 Å². The summed E-state index contributed by atoms with van der Waals surface area (Å²) in [5.74, 6) is -0.00349. The lowest BCUT2D eigenvalue weighted by molar-refractivity contribution is 0.103. The SMILES string of the molecule is CCCCCCc1ccc(C(=O)c2cccc(C)n2)cc1. The van der Waals surface area contributed by atoms with Crippen LogP contribution >= 0.6 is 0 Å². The first kappa shape index (κ1) is 15.4. The van der Waals surface area contributed by atoms with Gasteiger partial charge in [0.25, 0.3) is 0 Å². The van der Waals surface area contributed by atoms with Crippen LogP contribution in [-0.4, -0.2) is 10.8 Å². The predicted molar refractivity (Wildman–Crippen MR) is 86.7 cm³/mol. The van der Waals surface area contributed by atoms with Gasteiger partial charge >= 0.3 is 0 Å². The van der Waals surface area contributed by atoms with Gasteiger partial charge in [0.15, 0.2) is 0 Å². The molecule has 0 spiro atoms. The highest BCUT2D eigenvalue weighted by atomic mass is 16.1. The highest BCUT2D eigenvalue weighted by Gasteiger charge is 2.10. The molecular weight excluding hydrogens is 258 g/mol. The number of carbonyl (C=O) groups is 1. The first-order valence-corrected chi connectivity index (χ1v) is 7.78. The summed E-state index contributed by atoms with van der Waals surface area (Å²) in [4.78, 5) is 16.6. The van der Waals surface area contributed by atoms with Crippen molar-refractivity contribution >= 4 is 5.78 Å². The van der Waals surface area contributed by atoms with Crippen molar-refractivity contribution in [3.8, 4) is 0 Å². The Morgan fingerprint density at radius 3 is 2.43 bits per heavy atom. The van der Waals surface area contributed by atoms with Crippen LogP contribution in [0.3, 0.4) is 0 Å². The van der Waals surface area contributed by atoms with Crippen LogP contribution < -0.4 is 0 Å². The van der Waals surface area contributed by atoms with Gasteiger partial charge in [0.05, 0.1) is 0 Å². The van der Waals surface area contributed by atoms with Gasteiger partial charge in [-0.15, -0.1) is 0 Å². The summed E-state index contributed by atoms with van der Waals surface area (Å²) in [5.41, 5.74) is 3.41. The van der Waals surface area contributed by atoms with Gasteiger partial charge in [-0.05, 0) is 37.5 Å². The molecule has 0 atom stereocenters. The standard InChI is InChI=1S/C19H23NO/c1-3-4-5-6-9-16-11-13-17(14-12-16)19(21)18-10-7-8-15(2)20-18/h7-8,10-14H,3-6,9H2,1-2H3. The Balaban J connectivity index is 2.00. The number of carbonyl (C=O) groups excluding carboxylic acids is 1. The van der Waals surface area contributed by atoms with Gasteiger partial charge in [0.2, 0.25) is 5.78 Å². The van der Waals surface area contributed by atoms with Crippen molar-refractivity contribution in [3.63, 3.8) is 0 Å². The van der Waals surface area contributed by atoms with Crippen molar-refractivity contribution in [2.45, 2.75) is 46.0 Å². The van der Waals surface area contributed by atoms with Crippen molar-refractivity contribution < 1.29 is 4.79 Å². The summed E-state index contributed by atoms with van der Waals surface area (Å²) in [7, 11) is 0. The molecule has 1 aromatic heterocycles. The number of nitrogens with zero attached hydrogens (tertiary/aromatic N) is 1. The summed E-state index contributed by atoms with van der Waals surface area (Å²) < 4.78 is 0. The van der Waals surface area contributed by atoms with E-state index in [0.717, 1.165) is 12.1 Å². The van der Waals surface area contributed by atoms with E-state index in [9.17, 15) is 4.79 Å². The second kappa shape index (κ2) is 7.72. The van der Waals surface area contributed by atoms with E-state index in [1.807, 2.05) is 31.2 Å². The summed E-state index contributed by atoms with van der Waals surface area (Å²) in [6.07, 6.45) is 6.16. The molecule has 2 rings (SSSR count). The molecule has 1 heterocycles. The van der Waals surface area contributed by atoms with Crippen molar-refractivity contribution in [2.24, 2.45) is 0 Å². The molecule has 2 aromatic rings. The number of unbranched alkanes of at least 4 members (excludes halogenated alkanes) is 3. The molecule has 0 aliphatic rings. The largest absolute Gasteiger partial charge is 0.287 e. The normalized spacial score (nSPS) is 10.6. The zero-order chi connectivity index (χ0) is 15.1. The van der Waals surface area contributed by atoms with E-state index in [1.54, 1.807) is 6.07 Å². The van der Waals surface area contributed by atoms with Crippen LogP contribution in [0.15, 0.2) is 42.5 Å². The minimum Gasteiger partial charge on any atom is -0.287 e. The molecule has 21 heavy (non-hydrogen) atoms. The van der Waals surface area contributed by atoms with Crippen molar-refractivity contribution in [1.29, 1.82) is 0 Å². The fourth-order valence-corrected chi connectivity index (χ4v) is 2.40. The fourth-order valence-electron chi connectivity index (χ4n) is 2.40. The average molecular weight is 281 g/mol. The molecule has 0 bridgehead atoms. The number of hydrogen-bond donors (Lipinski definition) is 0. The third kappa shape index (κ3) is 4.52. The Kier molecular flexibility index (Phi) is 5.68. The van der Waals surface area contributed by atoms with Crippen LogP contribution in [0.25, 0.3) is 0 Å². The second-order valence-electron chi connectivity index (χ2n) is 5.50. The van der Waals surface area contributed by atoms with Crippen LogP contribution in [0.5, 0.6) is 0 Å². The Morgan fingerprint density at radius 1 is 1.00 bits per heavy atom. The quantitative estimate of drug-likeness (QED) is 0.542. The van der Waals surface area contributed by atoms with E-state index in [-0.39, 0.29) is 5.78 Å². The smallest absolute Gasteiger partial charge is 0.211 e. The molecule has 110 valence electrons. The first-order valence-electron chi connectivity index (χ1n) is 7.78. The summed E-state index contributed by atoms with van der Waals surface area (Å²) in [5, 5.41) is 0. The number of hydrogen-bond acceptors (Lipinski definition) is 2. The topological polar surface area (TPSA) is 30.0 Å². The zero-order valence-electron chi connectivity index (χ0n) is 12.9. The van der Waals surface area contributed by atoms with E-state index >= 15 is 0 Å². The van der Waals surface area contributed by atoms with Gasteiger partial charge in [0, 0.05) is 11.3 Å². The molecule has 0 aliphatic heterocycles. The minimum absolute atomic E-state index is 0.00349. The molecule has 0 amide bonds. The third-order valence-corrected chi connectivity index (χ3v) is 3.66. The first-order chi connectivity index (χ1) is 10.2. The molecule has 0 fully saturated rings. The van der Waals surface area contributed by atoms with Gasteiger partial charge in [-0.2, -0.15) is 0 Å². The lowest BCUT2D eigenvalue weighted by Gasteiger charge is -2.04. The van der Waals surface area contributed by atoms with Crippen LogP contribution in [0.4, 0.5) is 0 Å². The molecule has 0 unspecified atom stereocenters. The molecule has 1 aromatic carbocycles. The van der Waals surface area contributed by atoms with E-state index in [2.05, 4.69) is 24.0 Å². The number of pyridine rings is 1. The average Bonchev–Trinajstić information content (AvgIpc) is 2.51. The Bertz CT molecular complexity index is 587.